The molecule has 0 saturated heterocycles. The number of carbonyl (C=O) groups is 1. The summed E-state index contributed by atoms with van der Waals surface area (Å²) in [5, 5.41) is 11.9. The third kappa shape index (κ3) is 3.14. The van der Waals surface area contributed by atoms with Gasteiger partial charge in [-0.2, -0.15) is 0 Å². The van der Waals surface area contributed by atoms with Gasteiger partial charge in [0, 0.05) is 13.5 Å². The average Bonchev–Trinajstić information content (AvgIpc) is 2.15. The molecule has 0 aliphatic carbocycles. The maximum Gasteiger partial charge on any atom is 0.220 e. The summed E-state index contributed by atoms with van der Waals surface area (Å²) >= 11 is 0. The number of aliphatic hydroxyl groups excluding tert-OH is 1. The Morgan fingerprint density at radius 3 is 2.57 bits per heavy atom. The minimum absolute atomic E-state index is 0.0773. The van der Waals surface area contributed by atoms with Crippen LogP contribution in [0.3, 0.4) is 0 Å². The molecular weight excluding hydrogens is 185 g/mol. The van der Waals surface area contributed by atoms with E-state index in [-0.39, 0.29) is 12.4 Å². The number of halogens is 1. The van der Waals surface area contributed by atoms with Crippen molar-refractivity contribution in [1.29, 1.82) is 0 Å². The minimum Gasteiger partial charge on any atom is -0.387 e. The van der Waals surface area contributed by atoms with Gasteiger partial charge in [-0.15, -0.1) is 0 Å². The second-order valence-electron chi connectivity index (χ2n) is 2.87. The third-order valence-corrected chi connectivity index (χ3v) is 1.75. The van der Waals surface area contributed by atoms with E-state index in [0.29, 0.717) is 5.56 Å². The van der Waals surface area contributed by atoms with E-state index in [1.807, 2.05) is 0 Å². The summed E-state index contributed by atoms with van der Waals surface area (Å²) in [5.41, 5.74) is 0.556. The van der Waals surface area contributed by atoms with Crippen molar-refractivity contribution in [3.63, 3.8) is 0 Å². The minimum atomic E-state index is -0.832. The largest absolute Gasteiger partial charge is 0.387 e. The summed E-state index contributed by atoms with van der Waals surface area (Å²) < 4.78 is 12.5. The fraction of sp³-hybridized carbons (Fsp3) is 0.200. The highest BCUT2D eigenvalue weighted by molar-refractivity contribution is 5.79. The normalized spacial score (nSPS) is 12.2. The fourth-order valence-corrected chi connectivity index (χ4v) is 1.01. The molecule has 1 aromatic carbocycles. The van der Waals surface area contributed by atoms with Gasteiger partial charge in [0.1, 0.15) is 5.82 Å². The first-order valence-corrected chi connectivity index (χ1v) is 4.13. The Morgan fingerprint density at radius 1 is 1.50 bits per heavy atom. The quantitative estimate of drug-likeness (QED) is 0.751. The zero-order valence-electron chi connectivity index (χ0n) is 7.53. The van der Waals surface area contributed by atoms with Crippen LogP contribution in [-0.4, -0.2) is 17.6 Å². The lowest BCUT2D eigenvalue weighted by Gasteiger charge is -2.10. The van der Waals surface area contributed by atoms with Crippen molar-refractivity contribution in [3.8, 4) is 0 Å². The van der Waals surface area contributed by atoms with Crippen molar-refractivity contribution in [2.45, 2.75) is 6.10 Å². The molecule has 0 spiro atoms. The Hall–Kier alpha value is -1.42. The molecule has 1 unspecified atom stereocenters. The zero-order chi connectivity index (χ0) is 10.6. The number of hydrogen-bond donors (Lipinski definition) is 2. The molecule has 1 radical (unpaired) electrons. The molecule has 0 bridgehead atoms. The van der Waals surface area contributed by atoms with Gasteiger partial charge in [-0.25, -0.2) is 4.39 Å². The van der Waals surface area contributed by atoms with Crippen LogP contribution in [0.5, 0.6) is 0 Å². The van der Waals surface area contributed by atoms with Gasteiger partial charge in [-0.05, 0) is 17.7 Å². The van der Waals surface area contributed by atoms with Crippen molar-refractivity contribution in [3.05, 3.63) is 42.6 Å². The van der Waals surface area contributed by atoms with Crippen LogP contribution < -0.4 is 5.32 Å². The lowest BCUT2D eigenvalue weighted by atomic mass is 10.1. The van der Waals surface area contributed by atoms with Crippen LogP contribution in [-0.2, 0) is 4.79 Å². The monoisotopic (exact) mass is 196 g/mol. The molecule has 14 heavy (non-hydrogen) atoms. The number of rotatable bonds is 3. The molecule has 1 rings (SSSR count). The summed E-state index contributed by atoms with van der Waals surface area (Å²) in [5.74, 6) is -0.812. The molecule has 2 N–H and O–H groups in total. The van der Waals surface area contributed by atoms with Crippen molar-refractivity contribution >= 4 is 5.91 Å². The molecule has 4 heteroatoms. The van der Waals surface area contributed by atoms with Crippen LogP contribution in [0.1, 0.15) is 11.7 Å². The number of nitrogens with one attached hydrogen (secondary N) is 1. The van der Waals surface area contributed by atoms with Gasteiger partial charge in [0.15, 0.2) is 0 Å². The van der Waals surface area contributed by atoms with Gasteiger partial charge < -0.3 is 10.4 Å². The number of aliphatic hydroxyl groups is 1. The first-order valence-electron chi connectivity index (χ1n) is 4.13. The number of hydrogen-bond acceptors (Lipinski definition) is 2. The van der Waals surface area contributed by atoms with Crippen molar-refractivity contribution < 1.29 is 14.3 Å². The predicted molar refractivity (Wildman–Crippen MR) is 49.7 cm³/mol. The van der Waals surface area contributed by atoms with E-state index >= 15 is 0 Å². The third-order valence-electron chi connectivity index (χ3n) is 1.75. The Bertz CT molecular complexity index is 310. The Morgan fingerprint density at radius 2 is 2.07 bits per heavy atom. The zero-order valence-corrected chi connectivity index (χ0v) is 7.53. The van der Waals surface area contributed by atoms with Gasteiger partial charge in [0.2, 0.25) is 5.91 Å². The second kappa shape index (κ2) is 4.72. The lowest BCUT2D eigenvalue weighted by molar-refractivity contribution is -0.117. The molecule has 3 nitrogen and oxygen atoms in total. The van der Waals surface area contributed by atoms with Crippen molar-refractivity contribution in [2.24, 2.45) is 0 Å². The molecule has 75 valence electrons. The SMILES string of the molecule is [CH2]C(=O)NCC(O)c1ccc(F)cc1. The van der Waals surface area contributed by atoms with E-state index in [9.17, 15) is 14.3 Å². The molecule has 0 saturated carbocycles. The smallest absolute Gasteiger partial charge is 0.220 e. The molecule has 0 heterocycles. The van der Waals surface area contributed by atoms with Crippen LogP contribution in [0.2, 0.25) is 0 Å². The highest BCUT2D eigenvalue weighted by atomic mass is 19.1. The Balaban J connectivity index is 2.56. The summed E-state index contributed by atoms with van der Waals surface area (Å²) in [6.07, 6.45) is -0.832. The molecule has 1 amide bonds. The summed E-state index contributed by atoms with van der Waals surface area (Å²) in [7, 11) is 0. The van der Waals surface area contributed by atoms with E-state index < -0.39 is 12.0 Å². The molecule has 0 fully saturated rings. The van der Waals surface area contributed by atoms with Crippen LogP contribution in [0.15, 0.2) is 24.3 Å². The van der Waals surface area contributed by atoms with E-state index in [1.165, 1.54) is 24.3 Å². The number of carbonyl (C=O) groups excluding carboxylic acids is 1. The van der Waals surface area contributed by atoms with E-state index in [4.69, 9.17) is 0 Å². The molecular formula is C10H11FNO2. The number of amides is 1. The Labute approximate surface area is 81.6 Å². The first-order chi connectivity index (χ1) is 6.59. The highest BCUT2D eigenvalue weighted by Gasteiger charge is 2.07. The van der Waals surface area contributed by atoms with E-state index in [2.05, 4.69) is 12.2 Å². The van der Waals surface area contributed by atoms with E-state index in [1.54, 1.807) is 0 Å². The van der Waals surface area contributed by atoms with Gasteiger partial charge in [-0.1, -0.05) is 12.1 Å². The van der Waals surface area contributed by atoms with Crippen LogP contribution in [0.4, 0.5) is 4.39 Å². The molecule has 0 aliphatic heterocycles. The molecule has 1 atom stereocenters. The van der Waals surface area contributed by atoms with Crippen LogP contribution in [0, 0.1) is 12.7 Å². The maximum atomic E-state index is 12.5. The van der Waals surface area contributed by atoms with Crippen LogP contribution in [0.25, 0.3) is 0 Å². The molecule has 1 aromatic rings. The topological polar surface area (TPSA) is 49.3 Å². The van der Waals surface area contributed by atoms with Crippen LogP contribution >= 0.6 is 0 Å². The fourth-order valence-electron chi connectivity index (χ4n) is 1.01. The first kappa shape index (κ1) is 10.7. The standard InChI is InChI=1S/C10H11FNO2/c1-7(13)12-6-10(14)8-2-4-9(11)5-3-8/h2-5,10,14H,1,6H2,(H,12,13). The number of benzene rings is 1. The summed E-state index contributed by atoms with van der Waals surface area (Å²) in [4.78, 5) is 10.4. The lowest BCUT2D eigenvalue weighted by Crippen LogP contribution is -2.25. The molecule has 0 aliphatic rings. The van der Waals surface area contributed by atoms with Crippen molar-refractivity contribution in [1.82, 2.24) is 5.32 Å². The molecule has 0 aromatic heterocycles. The Kier molecular flexibility index (Phi) is 3.59. The van der Waals surface area contributed by atoms with Gasteiger partial charge in [-0.3, -0.25) is 4.79 Å². The summed E-state index contributed by atoms with van der Waals surface area (Å²) in [6.45, 7) is 3.17. The average molecular weight is 196 g/mol. The van der Waals surface area contributed by atoms with E-state index in [0.717, 1.165) is 0 Å². The predicted octanol–water partition coefficient (Wildman–Crippen LogP) is 0.809. The maximum absolute atomic E-state index is 12.5. The second-order valence-corrected chi connectivity index (χ2v) is 2.87. The highest BCUT2D eigenvalue weighted by Crippen LogP contribution is 2.11. The van der Waals surface area contributed by atoms with Crippen molar-refractivity contribution in [2.75, 3.05) is 6.54 Å². The summed E-state index contributed by atoms with van der Waals surface area (Å²) in [6, 6.07) is 5.44. The van der Waals surface area contributed by atoms with Gasteiger partial charge in [0.25, 0.3) is 0 Å². The van der Waals surface area contributed by atoms with Gasteiger partial charge in [0.05, 0.1) is 6.10 Å². The van der Waals surface area contributed by atoms with Gasteiger partial charge >= 0.3 is 0 Å².